The summed E-state index contributed by atoms with van der Waals surface area (Å²) < 4.78 is 9.01. The molecular formula is C13H10Cl2N2O4. The minimum absolute atomic E-state index is 0.00376. The van der Waals surface area contributed by atoms with E-state index in [0.29, 0.717) is 0 Å². The van der Waals surface area contributed by atoms with Crippen LogP contribution in [0.3, 0.4) is 0 Å². The number of benzene rings is 1. The van der Waals surface area contributed by atoms with Crippen LogP contribution in [0.25, 0.3) is 0 Å². The number of esters is 2. The second kappa shape index (κ2) is 7.62. The molecular weight excluding hydrogens is 319 g/mol. The lowest BCUT2D eigenvalue weighted by molar-refractivity contribution is -0.141. The zero-order valence-corrected chi connectivity index (χ0v) is 12.6. The van der Waals surface area contributed by atoms with Gasteiger partial charge in [-0.25, -0.2) is 4.79 Å². The van der Waals surface area contributed by atoms with E-state index in [1.165, 1.54) is 19.2 Å². The van der Waals surface area contributed by atoms with Gasteiger partial charge in [0, 0.05) is 11.2 Å². The molecule has 21 heavy (non-hydrogen) atoms. The van der Waals surface area contributed by atoms with Gasteiger partial charge in [0.15, 0.2) is 5.92 Å². The maximum Gasteiger partial charge on any atom is 0.339 e. The second-order valence-corrected chi connectivity index (χ2v) is 4.50. The Kier molecular flexibility index (Phi) is 6.15. The molecule has 6 nitrogen and oxygen atoms in total. The fourth-order valence-electron chi connectivity index (χ4n) is 1.36. The highest BCUT2D eigenvalue weighted by atomic mass is 35.5. The van der Waals surface area contributed by atoms with E-state index in [1.807, 2.05) is 0 Å². The van der Waals surface area contributed by atoms with Gasteiger partial charge in [0.05, 0.1) is 36.6 Å². The molecule has 0 bridgehead atoms. The average molecular weight is 329 g/mol. The highest BCUT2D eigenvalue weighted by molar-refractivity contribution is 6.38. The molecule has 0 aromatic heterocycles. The van der Waals surface area contributed by atoms with Crippen LogP contribution in [-0.4, -0.2) is 32.4 Å². The van der Waals surface area contributed by atoms with Crippen LogP contribution in [0.4, 0.5) is 5.69 Å². The van der Waals surface area contributed by atoms with E-state index in [4.69, 9.17) is 28.5 Å². The van der Waals surface area contributed by atoms with Gasteiger partial charge in [-0.1, -0.05) is 23.2 Å². The van der Waals surface area contributed by atoms with Gasteiger partial charge in [-0.15, -0.1) is 0 Å². The number of rotatable bonds is 4. The first-order valence-corrected chi connectivity index (χ1v) is 6.29. The van der Waals surface area contributed by atoms with Crippen molar-refractivity contribution in [1.82, 2.24) is 0 Å². The molecule has 8 heteroatoms. The summed E-state index contributed by atoms with van der Waals surface area (Å²) in [7, 11) is 2.35. The minimum Gasteiger partial charge on any atom is -0.468 e. The summed E-state index contributed by atoms with van der Waals surface area (Å²) in [5.41, 5.74) is 0.166. The van der Waals surface area contributed by atoms with Crippen LogP contribution in [0, 0.1) is 17.2 Å². The number of hydrogen-bond donors (Lipinski definition) is 0. The number of hydrogen-bond acceptors (Lipinski definition) is 6. The SMILES string of the molecule is COC(=O)c1cc(Cl)cc(N=CC(C#N)C(=O)OC)c1Cl. The van der Waals surface area contributed by atoms with Crippen molar-refractivity contribution < 1.29 is 19.1 Å². The van der Waals surface area contributed by atoms with Gasteiger partial charge < -0.3 is 9.47 Å². The second-order valence-electron chi connectivity index (χ2n) is 3.69. The number of nitriles is 1. The van der Waals surface area contributed by atoms with Gasteiger partial charge in [0.1, 0.15) is 0 Å². The molecule has 0 amide bonds. The highest BCUT2D eigenvalue weighted by Crippen LogP contribution is 2.32. The maximum absolute atomic E-state index is 11.5. The molecule has 1 unspecified atom stereocenters. The van der Waals surface area contributed by atoms with Crippen molar-refractivity contribution >= 4 is 47.0 Å². The molecule has 1 atom stereocenters. The molecule has 0 aliphatic heterocycles. The standard InChI is InChI=1S/C13H10Cl2N2O4/c1-20-12(18)7(5-16)6-17-10-4-8(14)3-9(11(10)15)13(19)21-2/h3-4,6-7H,1-2H3. The molecule has 0 saturated carbocycles. The summed E-state index contributed by atoms with van der Waals surface area (Å²) in [6.07, 6.45) is 1.06. The van der Waals surface area contributed by atoms with Gasteiger partial charge in [-0.3, -0.25) is 9.79 Å². The van der Waals surface area contributed by atoms with Crippen LogP contribution in [-0.2, 0) is 14.3 Å². The Morgan fingerprint density at radius 2 is 2.00 bits per heavy atom. The van der Waals surface area contributed by atoms with E-state index < -0.39 is 17.9 Å². The van der Waals surface area contributed by atoms with Crippen LogP contribution in [0.2, 0.25) is 10.0 Å². The third-order valence-corrected chi connectivity index (χ3v) is 3.00. The third kappa shape index (κ3) is 4.18. The molecule has 0 fully saturated rings. The van der Waals surface area contributed by atoms with Crippen molar-refractivity contribution in [3.63, 3.8) is 0 Å². The Labute approximate surface area is 130 Å². The smallest absolute Gasteiger partial charge is 0.339 e. The predicted molar refractivity (Wildman–Crippen MR) is 77.1 cm³/mol. The number of aliphatic imine (C=N–C) groups is 1. The molecule has 0 N–H and O–H groups in total. The predicted octanol–water partition coefficient (Wildman–Crippen LogP) is 2.80. The molecule has 0 radical (unpaired) electrons. The quantitative estimate of drug-likeness (QED) is 0.626. The fourth-order valence-corrected chi connectivity index (χ4v) is 1.80. The largest absolute Gasteiger partial charge is 0.468 e. The van der Waals surface area contributed by atoms with E-state index in [9.17, 15) is 9.59 Å². The van der Waals surface area contributed by atoms with Gasteiger partial charge in [0.25, 0.3) is 0 Å². The monoisotopic (exact) mass is 328 g/mol. The third-order valence-electron chi connectivity index (χ3n) is 2.38. The Morgan fingerprint density at radius 1 is 1.33 bits per heavy atom. The minimum atomic E-state index is -1.19. The van der Waals surface area contributed by atoms with Crippen LogP contribution in [0.5, 0.6) is 0 Å². The van der Waals surface area contributed by atoms with Crippen LogP contribution in [0.15, 0.2) is 17.1 Å². The van der Waals surface area contributed by atoms with Gasteiger partial charge in [0.2, 0.25) is 0 Å². The van der Waals surface area contributed by atoms with Gasteiger partial charge in [-0.2, -0.15) is 5.26 Å². The van der Waals surface area contributed by atoms with E-state index in [-0.39, 0.29) is 21.3 Å². The van der Waals surface area contributed by atoms with Crippen molar-refractivity contribution in [2.75, 3.05) is 14.2 Å². The first-order chi connectivity index (χ1) is 9.94. The lowest BCUT2D eigenvalue weighted by atomic mass is 10.2. The molecule has 0 heterocycles. The molecule has 110 valence electrons. The average Bonchev–Trinajstić information content (AvgIpc) is 2.49. The molecule has 1 aromatic rings. The van der Waals surface area contributed by atoms with Gasteiger partial charge in [-0.05, 0) is 12.1 Å². The Bertz CT molecular complexity index is 638. The van der Waals surface area contributed by atoms with E-state index in [0.717, 1.165) is 13.3 Å². The molecule has 0 spiro atoms. The normalized spacial score (nSPS) is 11.8. The number of methoxy groups -OCH3 is 2. The van der Waals surface area contributed by atoms with E-state index >= 15 is 0 Å². The Balaban J connectivity index is 3.20. The van der Waals surface area contributed by atoms with Crippen LogP contribution < -0.4 is 0 Å². The fraction of sp³-hybridized carbons (Fsp3) is 0.231. The molecule has 1 aromatic carbocycles. The Hall–Kier alpha value is -2.10. The number of nitrogens with zero attached hydrogens (tertiary/aromatic N) is 2. The first-order valence-electron chi connectivity index (χ1n) is 5.53. The van der Waals surface area contributed by atoms with Crippen molar-refractivity contribution in [2.24, 2.45) is 10.9 Å². The molecule has 0 saturated heterocycles. The summed E-state index contributed by atoms with van der Waals surface area (Å²) in [5.74, 6) is -2.62. The number of halogens is 2. The van der Waals surface area contributed by atoms with Crippen LogP contribution in [0.1, 0.15) is 10.4 Å². The molecule has 0 aliphatic rings. The van der Waals surface area contributed by atoms with Crippen molar-refractivity contribution in [3.05, 3.63) is 27.7 Å². The topological polar surface area (TPSA) is 88.8 Å². The first kappa shape index (κ1) is 17.0. The lowest BCUT2D eigenvalue weighted by Crippen LogP contribution is -2.15. The summed E-state index contributed by atoms with van der Waals surface area (Å²) in [6, 6.07) is 4.43. The Morgan fingerprint density at radius 3 is 2.52 bits per heavy atom. The van der Waals surface area contributed by atoms with Crippen LogP contribution >= 0.6 is 23.2 Å². The zero-order valence-electron chi connectivity index (χ0n) is 11.1. The van der Waals surface area contributed by atoms with Crippen molar-refractivity contribution in [1.29, 1.82) is 5.26 Å². The summed E-state index contributed by atoms with van der Waals surface area (Å²) in [5, 5.41) is 9.05. The zero-order chi connectivity index (χ0) is 16.0. The summed E-state index contributed by atoms with van der Waals surface area (Å²) >= 11 is 11.9. The number of ether oxygens (including phenoxy) is 2. The number of carbonyl (C=O) groups is 2. The highest BCUT2D eigenvalue weighted by Gasteiger charge is 2.18. The van der Waals surface area contributed by atoms with Crippen molar-refractivity contribution in [3.8, 4) is 6.07 Å². The summed E-state index contributed by atoms with van der Waals surface area (Å²) in [4.78, 5) is 26.7. The van der Waals surface area contributed by atoms with Gasteiger partial charge >= 0.3 is 11.9 Å². The van der Waals surface area contributed by atoms with E-state index in [2.05, 4.69) is 14.5 Å². The summed E-state index contributed by atoms with van der Waals surface area (Å²) in [6.45, 7) is 0. The molecule has 0 aliphatic carbocycles. The van der Waals surface area contributed by atoms with E-state index in [1.54, 1.807) is 6.07 Å². The number of carbonyl (C=O) groups excluding carboxylic acids is 2. The molecule has 1 rings (SSSR count). The lowest BCUT2D eigenvalue weighted by Gasteiger charge is -2.06. The van der Waals surface area contributed by atoms with Crippen molar-refractivity contribution in [2.45, 2.75) is 0 Å². The maximum atomic E-state index is 11.5.